The van der Waals surface area contributed by atoms with Gasteiger partial charge in [0.25, 0.3) is 0 Å². The lowest BCUT2D eigenvalue weighted by Crippen LogP contribution is -2.60. The van der Waals surface area contributed by atoms with Gasteiger partial charge >= 0.3 is 5.97 Å². The average Bonchev–Trinajstić information content (AvgIpc) is 3.01. The Kier molecular flexibility index (Phi) is 5.20. The van der Waals surface area contributed by atoms with Gasteiger partial charge < -0.3 is 10.2 Å². The van der Waals surface area contributed by atoms with Gasteiger partial charge in [0.15, 0.2) is 0 Å². The minimum atomic E-state index is -0.785. The highest BCUT2D eigenvalue weighted by molar-refractivity contribution is 5.92. The number of ketones is 2. The van der Waals surface area contributed by atoms with Crippen molar-refractivity contribution in [1.82, 2.24) is 0 Å². The molecule has 0 aromatic carbocycles. The predicted molar refractivity (Wildman–Crippen MR) is 108 cm³/mol. The largest absolute Gasteiger partial charge is 0.481 e. The molecule has 4 aliphatic carbocycles. The topological polar surface area (TPSA) is 91.7 Å². The van der Waals surface area contributed by atoms with E-state index in [1.54, 1.807) is 0 Å². The van der Waals surface area contributed by atoms with Crippen molar-refractivity contribution in [3.05, 3.63) is 0 Å². The summed E-state index contributed by atoms with van der Waals surface area (Å²) in [5.41, 5.74) is -0.520. The Balaban J connectivity index is 1.62. The second-order valence-electron chi connectivity index (χ2n) is 11.0. The zero-order valence-corrected chi connectivity index (χ0v) is 18.0. The molecule has 0 radical (unpaired) electrons. The zero-order chi connectivity index (χ0) is 21.1. The summed E-state index contributed by atoms with van der Waals surface area (Å²) < 4.78 is 0. The molecule has 29 heavy (non-hydrogen) atoms. The van der Waals surface area contributed by atoms with Gasteiger partial charge in [0.05, 0.1) is 6.10 Å². The molecule has 4 aliphatic rings. The van der Waals surface area contributed by atoms with Crippen LogP contribution in [0.2, 0.25) is 0 Å². The Morgan fingerprint density at radius 2 is 1.86 bits per heavy atom. The van der Waals surface area contributed by atoms with Gasteiger partial charge in [0.1, 0.15) is 11.6 Å². The second-order valence-corrected chi connectivity index (χ2v) is 11.0. The van der Waals surface area contributed by atoms with E-state index in [4.69, 9.17) is 5.11 Å². The van der Waals surface area contributed by atoms with E-state index >= 15 is 0 Å². The molecule has 5 nitrogen and oxygen atoms in total. The molecule has 2 unspecified atom stereocenters. The third kappa shape index (κ3) is 3.10. The van der Waals surface area contributed by atoms with Crippen molar-refractivity contribution in [3.63, 3.8) is 0 Å². The summed E-state index contributed by atoms with van der Waals surface area (Å²) in [5.74, 6) is 0.550. The van der Waals surface area contributed by atoms with E-state index in [0.717, 1.165) is 25.7 Å². The third-order valence-corrected chi connectivity index (χ3v) is 9.87. The van der Waals surface area contributed by atoms with Gasteiger partial charge in [-0.15, -0.1) is 0 Å². The van der Waals surface area contributed by atoms with Crippen LogP contribution in [0.4, 0.5) is 0 Å². The molecule has 0 amide bonds. The van der Waals surface area contributed by atoms with E-state index < -0.39 is 11.4 Å². The van der Waals surface area contributed by atoms with Crippen LogP contribution in [0, 0.1) is 46.3 Å². The van der Waals surface area contributed by atoms with Crippen LogP contribution in [0.3, 0.4) is 0 Å². The summed E-state index contributed by atoms with van der Waals surface area (Å²) in [6, 6.07) is 0. The maximum atomic E-state index is 13.6. The number of Topliss-reactive ketones (excluding diaryl/α,β-unsaturated/α-hetero) is 2. The molecule has 2 N–H and O–H groups in total. The number of rotatable bonds is 4. The maximum Gasteiger partial charge on any atom is 0.303 e. The first kappa shape index (κ1) is 21.0. The van der Waals surface area contributed by atoms with E-state index in [-0.39, 0.29) is 53.4 Å². The molecule has 0 aromatic heterocycles. The van der Waals surface area contributed by atoms with E-state index in [2.05, 4.69) is 20.8 Å². The Morgan fingerprint density at radius 1 is 1.14 bits per heavy atom. The molecule has 5 heteroatoms. The average molecular weight is 405 g/mol. The lowest BCUT2D eigenvalue weighted by atomic mass is 9.43. The Hall–Kier alpha value is -1.23. The Morgan fingerprint density at radius 3 is 2.55 bits per heavy atom. The van der Waals surface area contributed by atoms with E-state index in [0.29, 0.717) is 37.2 Å². The molecule has 4 rings (SSSR count). The lowest BCUT2D eigenvalue weighted by molar-refractivity contribution is -0.168. The molecule has 4 saturated carbocycles. The number of carbonyl (C=O) groups is 3. The Bertz CT molecular complexity index is 716. The Labute approximate surface area is 173 Å². The van der Waals surface area contributed by atoms with Crippen LogP contribution in [0.25, 0.3) is 0 Å². The number of aliphatic carboxylic acids is 1. The van der Waals surface area contributed by atoms with Crippen LogP contribution >= 0.6 is 0 Å². The number of hydrogen-bond acceptors (Lipinski definition) is 4. The highest BCUT2D eigenvalue weighted by Crippen LogP contribution is 2.66. The molecular weight excluding hydrogens is 368 g/mol. The minimum Gasteiger partial charge on any atom is -0.481 e. The molecule has 0 saturated heterocycles. The van der Waals surface area contributed by atoms with Crippen LogP contribution < -0.4 is 0 Å². The van der Waals surface area contributed by atoms with Crippen molar-refractivity contribution < 1.29 is 24.6 Å². The molecular formula is C24H36O5. The summed E-state index contributed by atoms with van der Waals surface area (Å²) in [7, 11) is 0. The molecule has 0 aromatic rings. The predicted octanol–water partition coefficient (Wildman–Crippen LogP) is 3.87. The summed E-state index contributed by atoms with van der Waals surface area (Å²) in [5, 5.41) is 19.2. The first-order valence-corrected chi connectivity index (χ1v) is 11.5. The summed E-state index contributed by atoms with van der Waals surface area (Å²) in [4.78, 5) is 38.0. The van der Waals surface area contributed by atoms with Gasteiger partial charge in [-0.25, -0.2) is 0 Å². The van der Waals surface area contributed by atoms with Crippen LogP contribution in [0.15, 0.2) is 0 Å². The molecule has 0 heterocycles. The standard InChI is InChI=1S/C24H36O5/c1-13(4-7-21(28)29)16-5-6-17-22-18(12-20(27)24(16,17)3)23(2)9-8-15(25)10-14(23)11-19(22)26/h13-18,22,25H,4-12H2,1-3H3,(H,28,29)/t13?,14-,15?,16+,17-,18-,22-,23-,24+/m0/s1. The van der Waals surface area contributed by atoms with Gasteiger partial charge in [-0.3, -0.25) is 14.4 Å². The van der Waals surface area contributed by atoms with E-state index in [9.17, 15) is 19.5 Å². The SMILES string of the molecule is CC(CCC(=O)O)[C@H]1CC[C@H]2[C@@H]3C(=O)C[C@@H]4CC(O)CC[C@]4(C)[C@H]3CC(=O)[C@]12C. The molecule has 162 valence electrons. The molecule has 0 bridgehead atoms. The number of aliphatic hydroxyl groups is 1. The fourth-order valence-corrected chi connectivity index (χ4v) is 8.13. The van der Waals surface area contributed by atoms with Crippen molar-refractivity contribution >= 4 is 17.5 Å². The van der Waals surface area contributed by atoms with E-state index in [1.807, 2.05) is 0 Å². The first-order chi connectivity index (χ1) is 13.6. The normalized spacial score (nSPS) is 47.9. The van der Waals surface area contributed by atoms with Gasteiger partial charge in [0, 0.05) is 30.6 Å². The monoisotopic (exact) mass is 404 g/mol. The van der Waals surface area contributed by atoms with Gasteiger partial charge in [-0.05, 0) is 73.5 Å². The highest BCUT2D eigenvalue weighted by Gasteiger charge is 2.66. The molecule has 4 fully saturated rings. The molecule has 0 spiro atoms. The van der Waals surface area contributed by atoms with Crippen molar-refractivity contribution in [1.29, 1.82) is 0 Å². The maximum absolute atomic E-state index is 13.6. The molecule has 0 aliphatic heterocycles. The first-order valence-electron chi connectivity index (χ1n) is 11.5. The van der Waals surface area contributed by atoms with Gasteiger partial charge in [-0.2, -0.15) is 0 Å². The number of aliphatic hydroxyl groups excluding tert-OH is 1. The van der Waals surface area contributed by atoms with Crippen LogP contribution in [0.1, 0.15) is 78.6 Å². The number of carboxylic acids is 1. The number of fused-ring (bicyclic) bond motifs is 5. The summed E-state index contributed by atoms with van der Waals surface area (Å²) in [6.07, 6.45) is 5.64. The van der Waals surface area contributed by atoms with Crippen LogP contribution in [-0.4, -0.2) is 33.9 Å². The summed E-state index contributed by atoms with van der Waals surface area (Å²) in [6.45, 7) is 6.44. The quantitative estimate of drug-likeness (QED) is 0.742. The van der Waals surface area contributed by atoms with Gasteiger partial charge in [0.2, 0.25) is 0 Å². The number of hydrogen-bond donors (Lipinski definition) is 2. The number of carboxylic acid groups (broad SMARTS) is 1. The van der Waals surface area contributed by atoms with Crippen molar-refractivity contribution in [2.45, 2.75) is 84.7 Å². The molecule has 9 atom stereocenters. The minimum absolute atomic E-state index is 0.0260. The zero-order valence-electron chi connectivity index (χ0n) is 18.0. The highest BCUT2D eigenvalue weighted by atomic mass is 16.4. The fourth-order valence-electron chi connectivity index (χ4n) is 8.13. The van der Waals surface area contributed by atoms with Crippen molar-refractivity contribution in [2.75, 3.05) is 0 Å². The van der Waals surface area contributed by atoms with Gasteiger partial charge in [-0.1, -0.05) is 20.8 Å². The van der Waals surface area contributed by atoms with Crippen LogP contribution in [-0.2, 0) is 14.4 Å². The smallest absolute Gasteiger partial charge is 0.303 e. The summed E-state index contributed by atoms with van der Waals surface area (Å²) >= 11 is 0. The van der Waals surface area contributed by atoms with E-state index in [1.165, 1.54) is 0 Å². The third-order valence-electron chi connectivity index (χ3n) is 9.87. The lowest BCUT2D eigenvalue weighted by Gasteiger charge is -2.59. The van der Waals surface area contributed by atoms with Crippen molar-refractivity contribution in [2.24, 2.45) is 46.3 Å². The van der Waals surface area contributed by atoms with Crippen LogP contribution in [0.5, 0.6) is 0 Å². The number of carbonyl (C=O) groups excluding carboxylic acids is 2. The second kappa shape index (κ2) is 7.18. The fraction of sp³-hybridized carbons (Fsp3) is 0.875. The van der Waals surface area contributed by atoms with Crippen molar-refractivity contribution in [3.8, 4) is 0 Å².